The number of benzene rings is 2. The first-order chi connectivity index (χ1) is 10.0. The average Bonchev–Trinajstić information content (AvgIpc) is 2.43. The molecule has 0 saturated carbocycles. The number of rotatable bonds is 2. The Balaban J connectivity index is 1.97. The smallest absolute Gasteiger partial charge is 0.146 e. The van der Waals surface area contributed by atoms with Gasteiger partial charge in [0, 0.05) is 17.0 Å². The van der Waals surface area contributed by atoms with Crippen LogP contribution in [0.1, 0.15) is 18.0 Å². The molecular formula is C15H11Cl2F2NO. The van der Waals surface area contributed by atoms with E-state index in [0.717, 1.165) is 23.8 Å². The molecule has 1 atom stereocenters. The zero-order valence-corrected chi connectivity index (χ0v) is 12.3. The van der Waals surface area contributed by atoms with Gasteiger partial charge in [0.1, 0.15) is 17.4 Å². The molecule has 6 heteroatoms. The Morgan fingerprint density at radius 2 is 1.95 bits per heavy atom. The van der Waals surface area contributed by atoms with E-state index in [2.05, 4.69) is 5.32 Å². The molecule has 21 heavy (non-hydrogen) atoms. The van der Waals surface area contributed by atoms with Gasteiger partial charge in [0.15, 0.2) is 0 Å². The summed E-state index contributed by atoms with van der Waals surface area (Å²) in [5.41, 5.74) is 0.839. The van der Waals surface area contributed by atoms with Crippen LogP contribution in [-0.2, 0) is 0 Å². The first-order valence-electron chi connectivity index (χ1n) is 6.38. The predicted octanol–water partition coefficient (Wildman–Crippen LogP) is 5.21. The normalized spacial score (nSPS) is 17.0. The van der Waals surface area contributed by atoms with Crippen LogP contribution in [0.25, 0.3) is 0 Å². The molecule has 0 fully saturated rings. The Kier molecular flexibility index (Phi) is 3.91. The van der Waals surface area contributed by atoms with Crippen molar-refractivity contribution in [3.63, 3.8) is 0 Å². The number of ether oxygens (including phenoxy) is 1. The molecule has 0 spiro atoms. The molecule has 2 aromatic rings. The summed E-state index contributed by atoms with van der Waals surface area (Å²) >= 11 is 12.1. The standard InChI is InChI=1S/C15H11Cl2F2NO/c16-8-5-10-13(3-4-21-15(10)11(17)6-8)20-14-7-9(18)1-2-12(14)19/h1-2,5-7,13,20H,3-4H2. The summed E-state index contributed by atoms with van der Waals surface area (Å²) in [7, 11) is 0. The highest BCUT2D eigenvalue weighted by molar-refractivity contribution is 6.35. The molecule has 1 aliphatic rings. The van der Waals surface area contributed by atoms with E-state index in [1.54, 1.807) is 12.1 Å². The van der Waals surface area contributed by atoms with Gasteiger partial charge in [-0.05, 0) is 30.3 Å². The molecule has 1 heterocycles. The van der Waals surface area contributed by atoms with Crippen molar-refractivity contribution in [3.8, 4) is 5.75 Å². The van der Waals surface area contributed by atoms with Gasteiger partial charge in [-0.25, -0.2) is 8.78 Å². The molecule has 0 radical (unpaired) electrons. The van der Waals surface area contributed by atoms with Crippen LogP contribution in [0.2, 0.25) is 10.0 Å². The lowest BCUT2D eigenvalue weighted by Crippen LogP contribution is -2.21. The van der Waals surface area contributed by atoms with E-state index < -0.39 is 11.6 Å². The molecule has 110 valence electrons. The highest BCUT2D eigenvalue weighted by atomic mass is 35.5. The zero-order chi connectivity index (χ0) is 15.0. The molecule has 0 amide bonds. The lowest BCUT2D eigenvalue weighted by Gasteiger charge is -2.28. The Morgan fingerprint density at radius 3 is 2.76 bits per heavy atom. The lowest BCUT2D eigenvalue weighted by molar-refractivity contribution is 0.274. The van der Waals surface area contributed by atoms with Crippen LogP contribution >= 0.6 is 23.2 Å². The van der Waals surface area contributed by atoms with Gasteiger partial charge < -0.3 is 10.1 Å². The topological polar surface area (TPSA) is 21.3 Å². The van der Waals surface area contributed by atoms with E-state index in [0.29, 0.717) is 28.8 Å². The highest BCUT2D eigenvalue weighted by Gasteiger charge is 2.25. The number of fused-ring (bicyclic) bond motifs is 1. The van der Waals surface area contributed by atoms with Gasteiger partial charge in [-0.15, -0.1) is 0 Å². The summed E-state index contributed by atoms with van der Waals surface area (Å²) in [5.74, 6) is -0.491. The Morgan fingerprint density at radius 1 is 1.14 bits per heavy atom. The molecule has 1 aliphatic heterocycles. The minimum Gasteiger partial charge on any atom is -0.492 e. The third-order valence-electron chi connectivity index (χ3n) is 3.32. The van der Waals surface area contributed by atoms with Crippen LogP contribution in [-0.4, -0.2) is 6.61 Å². The van der Waals surface area contributed by atoms with Crippen LogP contribution < -0.4 is 10.1 Å². The average molecular weight is 330 g/mol. The monoisotopic (exact) mass is 329 g/mol. The van der Waals surface area contributed by atoms with Crippen LogP contribution in [0.5, 0.6) is 5.75 Å². The van der Waals surface area contributed by atoms with Gasteiger partial charge in [0.2, 0.25) is 0 Å². The Labute approximate surface area is 130 Å². The van der Waals surface area contributed by atoms with Crippen molar-refractivity contribution in [3.05, 3.63) is 57.6 Å². The summed E-state index contributed by atoms with van der Waals surface area (Å²) < 4.78 is 32.5. The minimum absolute atomic E-state index is 0.101. The molecule has 0 saturated heterocycles. The molecule has 0 aliphatic carbocycles. The van der Waals surface area contributed by atoms with Gasteiger partial charge in [-0.2, -0.15) is 0 Å². The van der Waals surface area contributed by atoms with Crippen LogP contribution in [0.15, 0.2) is 30.3 Å². The summed E-state index contributed by atoms with van der Waals surface area (Å²) in [6.45, 7) is 0.433. The molecule has 2 aromatic carbocycles. The van der Waals surface area contributed by atoms with E-state index in [4.69, 9.17) is 27.9 Å². The Bertz CT molecular complexity index is 694. The second-order valence-electron chi connectivity index (χ2n) is 4.76. The van der Waals surface area contributed by atoms with E-state index in [-0.39, 0.29) is 11.7 Å². The van der Waals surface area contributed by atoms with Crippen LogP contribution in [0, 0.1) is 11.6 Å². The first-order valence-corrected chi connectivity index (χ1v) is 7.13. The number of hydrogen-bond donors (Lipinski definition) is 1. The predicted molar refractivity (Wildman–Crippen MR) is 79.3 cm³/mol. The maximum absolute atomic E-state index is 13.7. The molecular weight excluding hydrogens is 319 g/mol. The second kappa shape index (κ2) is 5.70. The van der Waals surface area contributed by atoms with Crippen molar-refractivity contribution in [2.24, 2.45) is 0 Å². The van der Waals surface area contributed by atoms with Crippen molar-refractivity contribution in [2.45, 2.75) is 12.5 Å². The van der Waals surface area contributed by atoms with Gasteiger partial charge >= 0.3 is 0 Å². The summed E-state index contributed by atoms with van der Waals surface area (Å²) in [5, 5.41) is 3.86. The van der Waals surface area contributed by atoms with Crippen LogP contribution in [0.3, 0.4) is 0 Å². The van der Waals surface area contributed by atoms with Gasteiger partial charge in [0.05, 0.1) is 23.4 Å². The third-order valence-corrected chi connectivity index (χ3v) is 3.82. The second-order valence-corrected chi connectivity index (χ2v) is 5.61. The van der Waals surface area contributed by atoms with E-state index >= 15 is 0 Å². The number of anilines is 1. The molecule has 1 N–H and O–H groups in total. The fraction of sp³-hybridized carbons (Fsp3) is 0.200. The van der Waals surface area contributed by atoms with Crippen LogP contribution in [0.4, 0.5) is 14.5 Å². The minimum atomic E-state index is -0.516. The fourth-order valence-corrected chi connectivity index (χ4v) is 2.94. The fourth-order valence-electron chi connectivity index (χ4n) is 2.37. The number of halogens is 4. The number of hydrogen-bond acceptors (Lipinski definition) is 2. The van der Waals surface area contributed by atoms with Gasteiger partial charge in [-0.3, -0.25) is 0 Å². The van der Waals surface area contributed by atoms with E-state index in [1.165, 1.54) is 0 Å². The van der Waals surface area contributed by atoms with Gasteiger partial charge in [-0.1, -0.05) is 23.2 Å². The van der Waals surface area contributed by atoms with E-state index in [9.17, 15) is 8.78 Å². The quantitative estimate of drug-likeness (QED) is 0.816. The molecule has 0 bridgehead atoms. The maximum atomic E-state index is 13.7. The summed E-state index contributed by atoms with van der Waals surface area (Å²) in [6, 6.07) is 6.34. The Hall–Kier alpha value is -1.52. The van der Waals surface area contributed by atoms with Crippen molar-refractivity contribution in [2.75, 3.05) is 11.9 Å². The lowest BCUT2D eigenvalue weighted by atomic mass is 10.00. The molecule has 3 rings (SSSR count). The third kappa shape index (κ3) is 2.92. The molecule has 2 nitrogen and oxygen atoms in total. The van der Waals surface area contributed by atoms with Crippen molar-refractivity contribution in [1.82, 2.24) is 0 Å². The van der Waals surface area contributed by atoms with Crippen molar-refractivity contribution < 1.29 is 13.5 Å². The summed E-state index contributed by atoms with van der Waals surface area (Å²) in [4.78, 5) is 0. The SMILES string of the molecule is Fc1ccc(F)c(NC2CCOc3c(Cl)cc(Cl)cc32)c1. The highest BCUT2D eigenvalue weighted by Crippen LogP contribution is 2.41. The summed E-state index contributed by atoms with van der Waals surface area (Å²) in [6.07, 6.45) is 0.597. The van der Waals surface area contributed by atoms with E-state index in [1.807, 2.05) is 0 Å². The number of nitrogens with one attached hydrogen (secondary N) is 1. The van der Waals surface area contributed by atoms with Crippen molar-refractivity contribution in [1.29, 1.82) is 0 Å². The largest absolute Gasteiger partial charge is 0.492 e. The molecule has 1 unspecified atom stereocenters. The first kappa shape index (κ1) is 14.4. The maximum Gasteiger partial charge on any atom is 0.146 e. The van der Waals surface area contributed by atoms with Crippen molar-refractivity contribution >= 4 is 28.9 Å². The zero-order valence-electron chi connectivity index (χ0n) is 10.8. The van der Waals surface area contributed by atoms with Gasteiger partial charge in [0.25, 0.3) is 0 Å². The molecule has 0 aromatic heterocycles.